The first kappa shape index (κ1) is 99.4. The van der Waals surface area contributed by atoms with E-state index < -0.39 is 50.3 Å². The molecule has 4 rings (SSSR count). The molecular formula is C42H66Co2N4O25. The second-order valence-corrected chi connectivity index (χ2v) is 11.6. The Morgan fingerprint density at radius 2 is 0.493 bits per heavy atom. The molecule has 0 unspecified atom stereocenters. The van der Waals surface area contributed by atoms with Crippen molar-refractivity contribution in [1.29, 1.82) is 0 Å². The molecule has 0 fully saturated rings. The number of hydrogen-bond donors (Lipinski definition) is 0. The Kier molecular flexibility index (Phi) is 80.9. The molecule has 0 amide bonds. The minimum atomic E-state index is -1.29. The van der Waals surface area contributed by atoms with Gasteiger partial charge in [-0.05, 0) is 61.4 Å². The Balaban J connectivity index is -0.0000000744. The Hall–Kier alpha value is -6.87. The van der Waals surface area contributed by atoms with Crippen molar-refractivity contribution in [3.63, 3.8) is 0 Å². The minimum Gasteiger partial charge on any atom is -0.546 e. The molecule has 31 heteroatoms. The molecule has 422 valence electrons. The van der Waals surface area contributed by atoms with Crippen LogP contribution in [0.25, 0.3) is 0 Å². The normalized spacial score (nSPS) is 8.77. The summed E-state index contributed by atoms with van der Waals surface area (Å²) in [5.41, 5.74) is 2.71. The zero-order valence-electron chi connectivity index (χ0n) is 38.5. The fourth-order valence-corrected chi connectivity index (χ4v) is 4.58. The van der Waals surface area contributed by atoms with Crippen molar-refractivity contribution in [2.75, 3.05) is 52.6 Å². The monoisotopic (exact) mass is 1140 g/mol. The van der Waals surface area contributed by atoms with Gasteiger partial charge in [-0.15, -0.1) is 0 Å². The zero-order valence-corrected chi connectivity index (χ0v) is 40.6. The molecule has 0 aliphatic heterocycles. The summed E-state index contributed by atoms with van der Waals surface area (Å²) in [5, 5.41) is 42.1. The van der Waals surface area contributed by atoms with Gasteiger partial charge in [0.05, 0.1) is 23.9 Å². The molecule has 0 heterocycles. The van der Waals surface area contributed by atoms with E-state index in [1.165, 1.54) is 0 Å². The maximum absolute atomic E-state index is 10.5. The number of aliphatic carboxylic acids is 4. The number of carbonyl (C=O) groups is 4. The van der Waals surface area contributed by atoms with Crippen molar-refractivity contribution >= 4 is 48.7 Å². The third kappa shape index (κ3) is 43.6. The van der Waals surface area contributed by atoms with Crippen LogP contribution in [0.3, 0.4) is 0 Å². The Morgan fingerprint density at radius 1 is 0.329 bits per heavy atom. The molecule has 0 spiro atoms. The molecule has 0 aromatic heterocycles. The van der Waals surface area contributed by atoms with E-state index in [1.54, 1.807) is 122 Å². The van der Waals surface area contributed by atoms with Crippen LogP contribution in [0.2, 0.25) is 0 Å². The Morgan fingerprint density at radius 3 is 0.658 bits per heavy atom. The standard InChI is InChI=1S/2C21H22N2O6.2Co.13H2O/c2*24-20(25)14-28-18-8-3-1-6-16(18)12-22-10-5-11-23-13-17-7-2-4-9-19(17)29-15-21(26)27;;;;;;;;;;;;;;;/h2*1-4,6-9,12-13H,5,10-11,14-15H2,(H,24,25)(H,26,27);;;13*1H2/q;;2*+2;;;;;;;;;;;;;/p-4. The average Bonchev–Trinajstić information content (AvgIpc) is 3.21. The summed E-state index contributed by atoms with van der Waals surface area (Å²) in [7, 11) is 0. The van der Waals surface area contributed by atoms with Crippen LogP contribution in [0.15, 0.2) is 117 Å². The first-order chi connectivity index (χ1) is 28.1. The van der Waals surface area contributed by atoms with E-state index in [0.717, 1.165) is 0 Å². The van der Waals surface area contributed by atoms with E-state index in [2.05, 4.69) is 20.0 Å². The molecule has 0 aliphatic carbocycles. The first-order valence-corrected chi connectivity index (χ1v) is 17.8. The van der Waals surface area contributed by atoms with Crippen LogP contribution < -0.4 is 39.4 Å². The van der Waals surface area contributed by atoms with E-state index >= 15 is 0 Å². The second kappa shape index (κ2) is 59.4. The maximum atomic E-state index is 10.5. The SMILES string of the molecule is O.O.O.O.O.O.O.O.O.O.O.O.O.O=C([O-])COc1ccccc1C=NCCCN=Cc1ccccc1OCC(=O)[O-].O=C([O-])COc1ccccc1C=NCCCN=Cc1ccccc1OCC(=O)[O-].[Co+2].[Co+2]. The molecule has 0 aliphatic rings. The predicted octanol–water partition coefficient (Wildman–Crippen LogP) is -11.0. The summed E-state index contributed by atoms with van der Waals surface area (Å²) in [6.45, 7) is 0.0108. The number of hydrogen-bond acceptors (Lipinski definition) is 16. The molecule has 2 radical (unpaired) electrons. The van der Waals surface area contributed by atoms with Crippen molar-refractivity contribution in [2.45, 2.75) is 12.8 Å². The molecule has 73 heavy (non-hydrogen) atoms. The maximum Gasteiger partial charge on any atom is 2.00 e. The Labute approximate surface area is 438 Å². The van der Waals surface area contributed by atoms with Gasteiger partial charge in [-0.2, -0.15) is 0 Å². The van der Waals surface area contributed by atoms with Gasteiger partial charge in [0, 0.05) is 73.3 Å². The van der Waals surface area contributed by atoms with Gasteiger partial charge < -0.3 is 130 Å². The summed E-state index contributed by atoms with van der Waals surface area (Å²) >= 11 is 0. The number of ether oxygens (including phenoxy) is 4. The molecule has 0 bridgehead atoms. The van der Waals surface area contributed by atoms with Gasteiger partial charge in [0.1, 0.15) is 49.4 Å². The molecule has 4 aromatic rings. The number of aliphatic imine (C=N–C) groups is 4. The average molecular weight is 1140 g/mol. The topological polar surface area (TPSA) is 656 Å². The molecule has 0 saturated carbocycles. The minimum absolute atomic E-state index is 0. The number of carboxylic acids is 4. The summed E-state index contributed by atoms with van der Waals surface area (Å²) in [4.78, 5) is 59.3. The third-order valence-corrected chi connectivity index (χ3v) is 7.13. The van der Waals surface area contributed by atoms with Gasteiger partial charge in [0.25, 0.3) is 0 Å². The van der Waals surface area contributed by atoms with Crippen LogP contribution in [-0.4, -0.2) is 173 Å². The largest absolute Gasteiger partial charge is 2.00 e. The van der Waals surface area contributed by atoms with Crippen LogP contribution in [0, 0.1) is 0 Å². The first-order valence-electron chi connectivity index (χ1n) is 17.8. The van der Waals surface area contributed by atoms with Gasteiger partial charge in [0.2, 0.25) is 0 Å². The van der Waals surface area contributed by atoms with E-state index in [-0.39, 0.29) is 105 Å². The molecule has 26 N–H and O–H groups in total. The fraction of sp³-hybridized carbons (Fsp3) is 0.238. The zero-order chi connectivity index (χ0) is 41.8. The number of rotatable bonds is 24. The Bertz CT molecular complexity index is 1800. The van der Waals surface area contributed by atoms with Crippen molar-refractivity contribution < 1.29 is 163 Å². The van der Waals surface area contributed by atoms with Gasteiger partial charge in [-0.3, -0.25) is 20.0 Å². The molecule has 0 saturated heterocycles. The molecular weight excluding hydrogens is 1080 g/mol. The van der Waals surface area contributed by atoms with Crippen molar-refractivity contribution in [3.8, 4) is 23.0 Å². The second-order valence-electron chi connectivity index (χ2n) is 11.6. The van der Waals surface area contributed by atoms with Gasteiger partial charge >= 0.3 is 33.6 Å². The third-order valence-electron chi connectivity index (χ3n) is 7.13. The molecule has 0 atom stereocenters. The van der Waals surface area contributed by atoms with Crippen molar-refractivity contribution in [2.24, 2.45) is 20.0 Å². The number of carboxylic acid groups (broad SMARTS) is 4. The van der Waals surface area contributed by atoms with E-state index in [4.69, 9.17) is 18.9 Å². The van der Waals surface area contributed by atoms with Gasteiger partial charge in [-0.25, -0.2) is 0 Å². The quantitative estimate of drug-likeness (QED) is 0.0467. The van der Waals surface area contributed by atoms with Crippen LogP contribution in [0.1, 0.15) is 35.1 Å². The number of nitrogens with zero attached hydrogens (tertiary/aromatic N) is 4. The van der Waals surface area contributed by atoms with E-state index in [0.29, 0.717) is 84.3 Å². The number of para-hydroxylation sites is 4. The van der Waals surface area contributed by atoms with Crippen molar-refractivity contribution in [1.82, 2.24) is 0 Å². The van der Waals surface area contributed by atoms with Crippen LogP contribution in [-0.2, 0) is 52.7 Å². The smallest absolute Gasteiger partial charge is 0.546 e. The summed E-state index contributed by atoms with van der Waals surface area (Å²) in [6.07, 6.45) is 7.87. The summed E-state index contributed by atoms with van der Waals surface area (Å²) in [6, 6.07) is 27.9. The number of carbonyl (C=O) groups excluding carboxylic acids is 4. The van der Waals surface area contributed by atoms with E-state index in [1.807, 2.05) is 0 Å². The number of benzene rings is 4. The van der Waals surface area contributed by atoms with Gasteiger partial charge in [0.15, 0.2) is 0 Å². The fourth-order valence-electron chi connectivity index (χ4n) is 4.58. The predicted molar refractivity (Wildman–Crippen MR) is 254 cm³/mol. The van der Waals surface area contributed by atoms with Crippen molar-refractivity contribution in [3.05, 3.63) is 119 Å². The molecule has 4 aromatic carbocycles. The van der Waals surface area contributed by atoms with Crippen LogP contribution in [0.5, 0.6) is 23.0 Å². The molecule has 29 nitrogen and oxygen atoms in total. The van der Waals surface area contributed by atoms with Gasteiger partial charge in [-0.1, -0.05) is 48.5 Å². The summed E-state index contributed by atoms with van der Waals surface area (Å²) < 4.78 is 20.6. The van der Waals surface area contributed by atoms with Crippen LogP contribution >= 0.6 is 0 Å². The van der Waals surface area contributed by atoms with E-state index in [9.17, 15) is 39.6 Å². The van der Waals surface area contributed by atoms with Crippen LogP contribution in [0.4, 0.5) is 0 Å². The summed E-state index contributed by atoms with van der Waals surface area (Å²) in [5.74, 6) is -3.47.